The van der Waals surface area contributed by atoms with Gasteiger partial charge < -0.3 is 10.2 Å². The van der Waals surface area contributed by atoms with Gasteiger partial charge in [-0.05, 0) is 72.8 Å². The molecule has 0 spiro atoms. The number of rotatable bonds is 5. The van der Waals surface area contributed by atoms with Gasteiger partial charge in [0, 0.05) is 29.2 Å². The summed E-state index contributed by atoms with van der Waals surface area (Å²) in [4.78, 5) is 14.5. The first-order chi connectivity index (χ1) is 14.4. The summed E-state index contributed by atoms with van der Waals surface area (Å²) < 4.78 is 27.4. The van der Waals surface area contributed by atoms with Crippen molar-refractivity contribution in [2.24, 2.45) is 0 Å². The zero-order valence-electron chi connectivity index (χ0n) is 16.5. The Labute approximate surface area is 182 Å². The van der Waals surface area contributed by atoms with Crippen LogP contribution < -0.4 is 14.9 Å². The van der Waals surface area contributed by atoms with Crippen molar-refractivity contribution >= 4 is 39.3 Å². The van der Waals surface area contributed by atoms with E-state index in [1.165, 1.54) is 17.2 Å². The molecule has 2 aliphatic heterocycles. The Morgan fingerprint density at radius 3 is 2.73 bits per heavy atom. The molecule has 1 amide bonds. The summed E-state index contributed by atoms with van der Waals surface area (Å²) in [5.41, 5.74) is 4.04. The summed E-state index contributed by atoms with van der Waals surface area (Å²) in [5, 5.41) is 5.06. The minimum Gasteiger partial charge on any atom is -0.313 e. The number of carbonyl (C=O) groups is 1. The Hall–Kier alpha value is -2.19. The van der Waals surface area contributed by atoms with Gasteiger partial charge in [0.2, 0.25) is 15.9 Å². The molecule has 2 aliphatic rings. The maximum Gasteiger partial charge on any atom is 0.245 e. The van der Waals surface area contributed by atoms with Crippen LogP contribution in [0.1, 0.15) is 29.5 Å². The van der Waals surface area contributed by atoms with Crippen molar-refractivity contribution in [3.63, 3.8) is 0 Å². The highest BCUT2D eigenvalue weighted by molar-refractivity contribution is 7.92. The van der Waals surface area contributed by atoms with E-state index in [0.717, 1.165) is 37.0 Å². The number of halogens is 1. The van der Waals surface area contributed by atoms with E-state index in [2.05, 4.69) is 16.1 Å². The van der Waals surface area contributed by atoms with E-state index in [0.29, 0.717) is 23.6 Å². The van der Waals surface area contributed by atoms with Crippen molar-refractivity contribution in [2.75, 3.05) is 18.0 Å². The minimum absolute atomic E-state index is 0.222. The third kappa shape index (κ3) is 4.92. The van der Waals surface area contributed by atoms with Gasteiger partial charge in [-0.1, -0.05) is 29.8 Å². The van der Waals surface area contributed by atoms with Crippen molar-refractivity contribution in [1.29, 1.82) is 0 Å². The molecule has 0 bridgehead atoms. The molecule has 158 valence electrons. The predicted molar refractivity (Wildman–Crippen MR) is 120 cm³/mol. The maximum absolute atomic E-state index is 12.9. The van der Waals surface area contributed by atoms with Crippen LogP contribution in [-0.2, 0) is 27.8 Å². The number of benzene rings is 2. The quantitative estimate of drug-likeness (QED) is 0.741. The highest BCUT2D eigenvalue weighted by atomic mass is 35.5. The number of hydrogen-bond acceptors (Lipinski definition) is 4. The number of hydrogen-bond donors (Lipinski definition) is 2. The van der Waals surface area contributed by atoms with Gasteiger partial charge in [-0.25, -0.2) is 8.42 Å². The number of sulfonamides is 1. The lowest BCUT2D eigenvalue weighted by Gasteiger charge is -2.19. The molecule has 30 heavy (non-hydrogen) atoms. The molecule has 2 N–H and O–H groups in total. The zero-order valence-corrected chi connectivity index (χ0v) is 18.0. The summed E-state index contributed by atoms with van der Waals surface area (Å²) in [6.07, 6.45) is 4.04. The Kier molecular flexibility index (Phi) is 6.24. The van der Waals surface area contributed by atoms with Crippen LogP contribution in [0.25, 0.3) is 6.08 Å². The molecule has 6 nitrogen and oxygen atoms in total. The molecule has 2 heterocycles. The molecule has 0 aliphatic carbocycles. The highest BCUT2D eigenvalue weighted by Crippen LogP contribution is 2.26. The van der Waals surface area contributed by atoms with Crippen LogP contribution in [0, 0.1) is 0 Å². The van der Waals surface area contributed by atoms with Crippen molar-refractivity contribution in [3.05, 3.63) is 69.6 Å². The molecular formula is C22H24ClN3O3S. The van der Waals surface area contributed by atoms with E-state index in [4.69, 9.17) is 11.6 Å². The highest BCUT2D eigenvalue weighted by Gasteiger charge is 2.35. The lowest BCUT2D eigenvalue weighted by molar-refractivity contribution is -0.118. The number of nitrogens with zero attached hydrogens (tertiary/aromatic N) is 1. The first kappa shape index (κ1) is 21.1. The first-order valence-corrected chi connectivity index (χ1v) is 11.9. The minimum atomic E-state index is -3.75. The van der Waals surface area contributed by atoms with E-state index in [1.54, 1.807) is 29.2 Å². The lowest BCUT2D eigenvalue weighted by Crippen LogP contribution is -2.40. The standard InChI is InChI=1S/C22H24ClN3O3S/c23-19-6-3-16(4-7-19)10-13-30(28,29)25-21-9-12-26(22(21)27)20-8-5-17-2-1-11-24-15-18(17)14-20/h3-8,10,13-14,21,24-25H,1-2,9,11-12,15H2/b13-10+/t21-/m0/s1. The Morgan fingerprint density at radius 1 is 1.13 bits per heavy atom. The van der Waals surface area contributed by atoms with Crippen LogP contribution in [0.4, 0.5) is 5.69 Å². The van der Waals surface area contributed by atoms with Gasteiger partial charge in [-0.2, -0.15) is 4.72 Å². The summed E-state index contributed by atoms with van der Waals surface area (Å²) in [5.74, 6) is -0.222. The van der Waals surface area contributed by atoms with E-state index >= 15 is 0 Å². The molecule has 1 atom stereocenters. The number of carbonyl (C=O) groups excluding carboxylic acids is 1. The van der Waals surface area contributed by atoms with Crippen LogP contribution in [-0.4, -0.2) is 33.5 Å². The van der Waals surface area contributed by atoms with E-state index in [-0.39, 0.29) is 5.91 Å². The third-order valence-electron chi connectivity index (χ3n) is 5.44. The zero-order chi connectivity index (χ0) is 21.1. The lowest BCUT2D eigenvalue weighted by atomic mass is 10.0. The normalized spacial score (nSPS) is 19.8. The average molecular weight is 446 g/mol. The Morgan fingerprint density at radius 2 is 1.93 bits per heavy atom. The molecule has 1 saturated heterocycles. The molecule has 2 aromatic carbocycles. The summed E-state index contributed by atoms with van der Waals surface area (Å²) in [6, 6.07) is 12.2. The second-order valence-corrected chi connectivity index (χ2v) is 9.62. The number of aryl methyl sites for hydroxylation is 1. The smallest absolute Gasteiger partial charge is 0.245 e. The molecule has 2 aromatic rings. The predicted octanol–water partition coefficient (Wildman–Crippen LogP) is 3.07. The molecule has 0 unspecified atom stereocenters. The summed E-state index contributed by atoms with van der Waals surface area (Å²) in [7, 11) is -3.75. The average Bonchev–Trinajstić information content (AvgIpc) is 2.93. The number of nitrogens with one attached hydrogen (secondary N) is 2. The summed E-state index contributed by atoms with van der Waals surface area (Å²) >= 11 is 5.84. The van der Waals surface area contributed by atoms with Crippen LogP contribution in [0.5, 0.6) is 0 Å². The van der Waals surface area contributed by atoms with Gasteiger partial charge in [0.25, 0.3) is 0 Å². The fourth-order valence-corrected chi connectivity index (χ4v) is 5.00. The van der Waals surface area contributed by atoms with Gasteiger partial charge in [0.1, 0.15) is 6.04 Å². The van der Waals surface area contributed by atoms with Gasteiger partial charge in [0.05, 0.1) is 0 Å². The Bertz CT molecular complexity index is 1070. The van der Waals surface area contributed by atoms with Gasteiger partial charge >= 0.3 is 0 Å². The summed E-state index contributed by atoms with van der Waals surface area (Å²) in [6.45, 7) is 2.26. The van der Waals surface area contributed by atoms with Crippen molar-refractivity contribution in [3.8, 4) is 0 Å². The fraction of sp³-hybridized carbons (Fsp3) is 0.318. The van der Waals surface area contributed by atoms with Crippen LogP contribution in [0.2, 0.25) is 5.02 Å². The van der Waals surface area contributed by atoms with Gasteiger partial charge in [0.15, 0.2) is 0 Å². The van der Waals surface area contributed by atoms with Gasteiger partial charge in [-0.3, -0.25) is 4.79 Å². The molecule has 4 rings (SSSR count). The number of amides is 1. The fourth-order valence-electron chi connectivity index (χ4n) is 3.84. The number of anilines is 1. The van der Waals surface area contributed by atoms with E-state index in [1.807, 2.05) is 12.1 Å². The molecule has 8 heteroatoms. The largest absolute Gasteiger partial charge is 0.313 e. The van der Waals surface area contributed by atoms with Gasteiger partial charge in [-0.15, -0.1) is 0 Å². The van der Waals surface area contributed by atoms with Crippen molar-refractivity contribution < 1.29 is 13.2 Å². The first-order valence-electron chi connectivity index (χ1n) is 10.0. The second-order valence-electron chi connectivity index (χ2n) is 7.58. The molecular weight excluding hydrogens is 422 g/mol. The maximum atomic E-state index is 12.9. The molecule has 1 fully saturated rings. The molecule has 0 radical (unpaired) electrons. The third-order valence-corrected chi connectivity index (χ3v) is 6.80. The molecule has 0 saturated carbocycles. The van der Waals surface area contributed by atoms with Crippen LogP contribution in [0.3, 0.4) is 0 Å². The van der Waals surface area contributed by atoms with E-state index in [9.17, 15) is 13.2 Å². The Balaban J connectivity index is 1.44. The molecule has 0 aromatic heterocycles. The monoisotopic (exact) mass is 445 g/mol. The van der Waals surface area contributed by atoms with Crippen LogP contribution in [0.15, 0.2) is 47.9 Å². The van der Waals surface area contributed by atoms with Crippen molar-refractivity contribution in [1.82, 2.24) is 10.0 Å². The number of fused-ring (bicyclic) bond motifs is 1. The van der Waals surface area contributed by atoms with E-state index < -0.39 is 16.1 Å². The van der Waals surface area contributed by atoms with Crippen LogP contribution >= 0.6 is 11.6 Å². The van der Waals surface area contributed by atoms with Crippen molar-refractivity contribution in [2.45, 2.75) is 31.8 Å². The second kappa shape index (κ2) is 8.89. The topological polar surface area (TPSA) is 78.5 Å². The SMILES string of the molecule is O=C1[C@@H](NS(=O)(=O)/C=C/c2ccc(Cl)cc2)CCN1c1ccc2c(c1)CNCCC2.